The molecule has 0 aliphatic carbocycles. The van der Waals surface area contributed by atoms with E-state index in [4.69, 9.17) is 28.9 Å². The Morgan fingerprint density at radius 2 is 1.70 bits per heavy atom. The fourth-order valence-corrected chi connectivity index (χ4v) is 2.41. The van der Waals surface area contributed by atoms with Crippen LogP contribution < -0.4 is 5.73 Å². The monoisotopic (exact) mass is 315 g/mol. The van der Waals surface area contributed by atoms with E-state index < -0.39 is 11.6 Å². The van der Waals surface area contributed by atoms with Crippen LogP contribution in [0.3, 0.4) is 0 Å². The highest BCUT2D eigenvalue weighted by Gasteiger charge is 2.10. The smallest absolute Gasteiger partial charge is 0.159 e. The molecule has 0 saturated heterocycles. The Kier molecular flexibility index (Phi) is 4.97. The van der Waals surface area contributed by atoms with Crippen LogP contribution in [0.2, 0.25) is 10.0 Å². The van der Waals surface area contributed by atoms with E-state index >= 15 is 0 Å². The molecule has 0 bridgehead atoms. The molecule has 0 saturated carbocycles. The summed E-state index contributed by atoms with van der Waals surface area (Å²) >= 11 is 12.0. The maximum atomic E-state index is 13.1. The third kappa shape index (κ3) is 3.92. The van der Waals surface area contributed by atoms with Crippen LogP contribution in [0.1, 0.15) is 11.1 Å². The van der Waals surface area contributed by atoms with Crippen molar-refractivity contribution in [3.63, 3.8) is 0 Å². The Bertz CT molecular complexity index is 617. The van der Waals surface area contributed by atoms with Gasteiger partial charge < -0.3 is 5.73 Å². The van der Waals surface area contributed by atoms with E-state index in [1.54, 1.807) is 18.2 Å². The molecule has 0 fully saturated rings. The van der Waals surface area contributed by atoms with Gasteiger partial charge in [-0.3, -0.25) is 0 Å². The molecule has 2 aromatic rings. The highest BCUT2D eigenvalue weighted by molar-refractivity contribution is 6.33. The number of halogens is 4. The lowest BCUT2D eigenvalue weighted by Gasteiger charge is -2.13. The van der Waals surface area contributed by atoms with E-state index in [-0.39, 0.29) is 6.04 Å². The summed E-state index contributed by atoms with van der Waals surface area (Å²) in [5, 5.41) is 1.18. The van der Waals surface area contributed by atoms with Crippen molar-refractivity contribution in [2.45, 2.75) is 18.9 Å². The highest BCUT2D eigenvalue weighted by Crippen LogP contribution is 2.22. The standard InChI is InChI=1S/C15H13Cl2F2N/c16-11-2-3-13(17)10(7-11)8-12(20)5-9-1-4-14(18)15(19)6-9/h1-4,6-7,12H,5,8,20H2. The van der Waals surface area contributed by atoms with Gasteiger partial charge in [-0.05, 0) is 54.3 Å². The molecule has 1 atom stereocenters. The second kappa shape index (κ2) is 6.53. The second-order valence-electron chi connectivity index (χ2n) is 4.65. The van der Waals surface area contributed by atoms with Gasteiger partial charge in [-0.15, -0.1) is 0 Å². The van der Waals surface area contributed by atoms with Gasteiger partial charge in [-0.25, -0.2) is 8.78 Å². The lowest BCUT2D eigenvalue weighted by atomic mass is 9.99. The lowest BCUT2D eigenvalue weighted by molar-refractivity contribution is 0.506. The first kappa shape index (κ1) is 15.2. The predicted octanol–water partition coefficient (Wildman–Crippen LogP) is 4.38. The summed E-state index contributed by atoms with van der Waals surface area (Å²) in [5.74, 6) is -1.73. The van der Waals surface area contributed by atoms with Crippen LogP contribution in [0, 0.1) is 11.6 Å². The fourth-order valence-electron chi connectivity index (χ4n) is 2.02. The molecule has 0 aliphatic rings. The number of hydrogen-bond acceptors (Lipinski definition) is 1. The Morgan fingerprint density at radius 3 is 2.40 bits per heavy atom. The Hall–Kier alpha value is -1.16. The van der Waals surface area contributed by atoms with Gasteiger partial charge in [-0.1, -0.05) is 29.3 Å². The maximum Gasteiger partial charge on any atom is 0.159 e. The van der Waals surface area contributed by atoms with E-state index in [2.05, 4.69) is 0 Å². The summed E-state index contributed by atoms with van der Waals surface area (Å²) in [5.41, 5.74) is 7.52. The molecule has 1 nitrogen and oxygen atoms in total. The van der Waals surface area contributed by atoms with E-state index in [0.29, 0.717) is 28.5 Å². The molecule has 1 unspecified atom stereocenters. The quantitative estimate of drug-likeness (QED) is 0.890. The molecule has 106 valence electrons. The highest BCUT2D eigenvalue weighted by atomic mass is 35.5. The molecule has 2 rings (SSSR count). The second-order valence-corrected chi connectivity index (χ2v) is 5.50. The predicted molar refractivity (Wildman–Crippen MR) is 78.2 cm³/mol. The van der Waals surface area contributed by atoms with Crippen molar-refractivity contribution in [1.82, 2.24) is 0 Å². The number of rotatable bonds is 4. The average Bonchev–Trinajstić information content (AvgIpc) is 2.38. The molecule has 0 amide bonds. The van der Waals surface area contributed by atoms with Gasteiger partial charge in [0.1, 0.15) is 0 Å². The molecular formula is C15H13Cl2F2N. The van der Waals surface area contributed by atoms with Crippen molar-refractivity contribution in [1.29, 1.82) is 0 Å². The number of benzene rings is 2. The fraction of sp³-hybridized carbons (Fsp3) is 0.200. The average molecular weight is 316 g/mol. The third-order valence-corrected chi connectivity index (χ3v) is 3.58. The SMILES string of the molecule is NC(Cc1ccc(F)c(F)c1)Cc1cc(Cl)ccc1Cl. The Labute approximate surface area is 126 Å². The largest absolute Gasteiger partial charge is 0.327 e. The van der Waals surface area contributed by atoms with Gasteiger partial charge in [-0.2, -0.15) is 0 Å². The summed E-state index contributed by atoms with van der Waals surface area (Å²) in [7, 11) is 0. The summed E-state index contributed by atoms with van der Waals surface area (Å²) in [6, 6.07) is 8.71. The van der Waals surface area contributed by atoms with Gasteiger partial charge in [0, 0.05) is 16.1 Å². The first-order valence-electron chi connectivity index (χ1n) is 6.09. The van der Waals surface area contributed by atoms with E-state index in [1.165, 1.54) is 6.07 Å². The van der Waals surface area contributed by atoms with Gasteiger partial charge in [0.05, 0.1) is 0 Å². The van der Waals surface area contributed by atoms with Crippen molar-refractivity contribution >= 4 is 23.2 Å². The Balaban J connectivity index is 2.06. The molecule has 2 N–H and O–H groups in total. The minimum atomic E-state index is -0.865. The van der Waals surface area contributed by atoms with E-state index in [0.717, 1.165) is 17.7 Å². The van der Waals surface area contributed by atoms with Crippen molar-refractivity contribution in [2.24, 2.45) is 5.73 Å². The molecule has 20 heavy (non-hydrogen) atoms. The zero-order valence-corrected chi connectivity index (χ0v) is 12.1. The van der Waals surface area contributed by atoms with Crippen LogP contribution in [0.4, 0.5) is 8.78 Å². The lowest BCUT2D eigenvalue weighted by Crippen LogP contribution is -2.25. The van der Waals surface area contributed by atoms with E-state index in [1.807, 2.05) is 0 Å². The number of nitrogens with two attached hydrogens (primary N) is 1. The van der Waals surface area contributed by atoms with Gasteiger partial charge >= 0.3 is 0 Å². The summed E-state index contributed by atoms with van der Waals surface area (Å²) in [4.78, 5) is 0. The molecule has 0 aliphatic heterocycles. The van der Waals surface area contributed by atoms with Crippen LogP contribution in [-0.4, -0.2) is 6.04 Å². The van der Waals surface area contributed by atoms with Gasteiger partial charge in [0.25, 0.3) is 0 Å². The summed E-state index contributed by atoms with van der Waals surface area (Å²) in [6.45, 7) is 0. The molecule has 0 aromatic heterocycles. The van der Waals surface area contributed by atoms with Crippen LogP contribution in [0.5, 0.6) is 0 Å². The maximum absolute atomic E-state index is 13.1. The van der Waals surface area contributed by atoms with E-state index in [9.17, 15) is 8.78 Å². The van der Waals surface area contributed by atoms with Crippen molar-refractivity contribution in [2.75, 3.05) is 0 Å². The zero-order chi connectivity index (χ0) is 14.7. The molecule has 0 spiro atoms. The summed E-state index contributed by atoms with van der Waals surface area (Å²) in [6.07, 6.45) is 0.943. The van der Waals surface area contributed by atoms with Crippen LogP contribution in [0.15, 0.2) is 36.4 Å². The molecule has 2 aromatic carbocycles. The van der Waals surface area contributed by atoms with Gasteiger partial charge in [0.2, 0.25) is 0 Å². The van der Waals surface area contributed by atoms with Gasteiger partial charge in [0.15, 0.2) is 11.6 Å². The normalized spacial score (nSPS) is 12.4. The molecule has 0 heterocycles. The first-order valence-corrected chi connectivity index (χ1v) is 6.84. The first-order chi connectivity index (χ1) is 9.45. The zero-order valence-electron chi connectivity index (χ0n) is 10.5. The summed E-state index contributed by atoms with van der Waals surface area (Å²) < 4.78 is 26.0. The number of hydrogen-bond donors (Lipinski definition) is 1. The molecule has 0 radical (unpaired) electrons. The van der Waals surface area contributed by atoms with Crippen LogP contribution in [0.25, 0.3) is 0 Å². The third-order valence-electron chi connectivity index (χ3n) is 2.97. The van der Waals surface area contributed by atoms with Crippen molar-refractivity contribution in [3.05, 3.63) is 69.2 Å². The molecule has 5 heteroatoms. The van der Waals surface area contributed by atoms with Crippen LogP contribution >= 0.6 is 23.2 Å². The Morgan fingerprint density at radius 1 is 0.950 bits per heavy atom. The molecular weight excluding hydrogens is 303 g/mol. The van der Waals surface area contributed by atoms with Crippen LogP contribution in [-0.2, 0) is 12.8 Å². The topological polar surface area (TPSA) is 26.0 Å². The van der Waals surface area contributed by atoms with Crippen molar-refractivity contribution < 1.29 is 8.78 Å². The minimum Gasteiger partial charge on any atom is -0.327 e. The minimum absolute atomic E-state index is 0.254. The van der Waals surface area contributed by atoms with Crippen molar-refractivity contribution in [3.8, 4) is 0 Å².